The number of rotatable bonds is 2. The van der Waals surface area contributed by atoms with Crippen molar-refractivity contribution in [3.63, 3.8) is 0 Å². The van der Waals surface area contributed by atoms with Crippen molar-refractivity contribution in [1.82, 2.24) is 10.2 Å². The van der Waals surface area contributed by atoms with Crippen LogP contribution in [0.25, 0.3) is 0 Å². The maximum absolute atomic E-state index is 12.4. The Balaban J connectivity index is 2.31. The normalized spacial score (nSPS) is 35.8. The Morgan fingerprint density at radius 3 is 2.56 bits per heavy atom. The van der Waals surface area contributed by atoms with E-state index in [4.69, 9.17) is 0 Å². The molecule has 0 aromatic carbocycles. The Bertz CT molecular complexity index is 365. The first-order chi connectivity index (χ1) is 8.38. The molecule has 1 heterocycles. The average Bonchev–Trinajstić information content (AvgIpc) is 2.63. The van der Waals surface area contributed by atoms with Crippen LogP contribution >= 0.6 is 0 Å². The van der Waals surface area contributed by atoms with E-state index in [1.54, 1.807) is 6.92 Å². The first-order valence-electron chi connectivity index (χ1n) is 7.01. The fourth-order valence-electron chi connectivity index (χ4n) is 3.45. The Morgan fingerprint density at radius 1 is 1.39 bits per heavy atom. The minimum absolute atomic E-state index is 0.00676. The zero-order valence-electron chi connectivity index (χ0n) is 11.8. The molecule has 1 saturated heterocycles. The van der Waals surface area contributed by atoms with Gasteiger partial charge in [0.1, 0.15) is 12.1 Å². The molecule has 102 valence electrons. The Hall–Kier alpha value is -1.06. The second-order valence-corrected chi connectivity index (χ2v) is 6.30. The molecule has 0 spiro atoms. The van der Waals surface area contributed by atoms with Crippen molar-refractivity contribution in [3.8, 4) is 0 Å². The number of hydrogen-bond donors (Lipinski definition) is 1. The molecule has 4 heteroatoms. The molecule has 0 aromatic heterocycles. The summed E-state index contributed by atoms with van der Waals surface area (Å²) >= 11 is 0. The highest BCUT2D eigenvalue weighted by molar-refractivity contribution is 5.96. The van der Waals surface area contributed by atoms with Gasteiger partial charge in [-0.05, 0) is 31.6 Å². The molecule has 2 aliphatic rings. The van der Waals surface area contributed by atoms with Crippen LogP contribution in [-0.2, 0) is 9.59 Å². The van der Waals surface area contributed by atoms with Gasteiger partial charge in [-0.3, -0.25) is 9.59 Å². The lowest BCUT2D eigenvalue weighted by Crippen LogP contribution is -2.66. The van der Waals surface area contributed by atoms with E-state index >= 15 is 0 Å². The maximum Gasteiger partial charge on any atom is 0.245 e. The van der Waals surface area contributed by atoms with Crippen molar-refractivity contribution in [3.05, 3.63) is 0 Å². The van der Waals surface area contributed by atoms with Crippen LogP contribution in [-0.4, -0.2) is 34.8 Å². The van der Waals surface area contributed by atoms with Gasteiger partial charge in [0.05, 0.1) is 0 Å². The molecular formula is C14H24N2O2. The van der Waals surface area contributed by atoms with Crippen molar-refractivity contribution in [2.24, 2.45) is 5.41 Å². The van der Waals surface area contributed by atoms with Gasteiger partial charge >= 0.3 is 0 Å². The van der Waals surface area contributed by atoms with Crippen LogP contribution in [0.1, 0.15) is 53.4 Å². The third kappa shape index (κ3) is 2.02. The Labute approximate surface area is 109 Å². The zero-order chi connectivity index (χ0) is 13.5. The summed E-state index contributed by atoms with van der Waals surface area (Å²) in [5, 5.41) is 2.78. The number of piperazine rings is 1. The highest BCUT2D eigenvalue weighted by Gasteiger charge is 2.47. The van der Waals surface area contributed by atoms with Gasteiger partial charge in [0.15, 0.2) is 0 Å². The third-order valence-electron chi connectivity index (χ3n) is 4.55. The van der Waals surface area contributed by atoms with Gasteiger partial charge in [0.2, 0.25) is 11.8 Å². The van der Waals surface area contributed by atoms with Gasteiger partial charge in [0, 0.05) is 6.04 Å². The monoisotopic (exact) mass is 252 g/mol. The van der Waals surface area contributed by atoms with Crippen LogP contribution in [0.3, 0.4) is 0 Å². The van der Waals surface area contributed by atoms with E-state index in [0.29, 0.717) is 6.42 Å². The van der Waals surface area contributed by atoms with Crippen molar-refractivity contribution in [2.45, 2.75) is 71.5 Å². The van der Waals surface area contributed by atoms with E-state index in [2.05, 4.69) is 19.2 Å². The number of nitrogens with one attached hydrogen (secondary N) is 1. The molecule has 1 saturated carbocycles. The minimum atomic E-state index is -0.378. The van der Waals surface area contributed by atoms with Gasteiger partial charge in [-0.15, -0.1) is 0 Å². The molecule has 1 N–H and O–H groups in total. The molecule has 2 amide bonds. The number of hydrogen-bond acceptors (Lipinski definition) is 2. The highest BCUT2D eigenvalue weighted by atomic mass is 16.2. The summed E-state index contributed by atoms with van der Waals surface area (Å²) in [6.07, 6.45) is 3.99. The molecule has 3 unspecified atom stereocenters. The minimum Gasteiger partial charge on any atom is -0.343 e. The van der Waals surface area contributed by atoms with Crippen molar-refractivity contribution in [1.29, 1.82) is 0 Å². The van der Waals surface area contributed by atoms with Crippen LogP contribution in [0.5, 0.6) is 0 Å². The molecule has 0 bridgehead atoms. The van der Waals surface area contributed by atoms with Gasteiger partial charge in [0.25, 0.3) is 0 Å². The molecule has 4 nitrogen and oxygen atoms in total. The second kappa shape index (κ2) is 4.56. The van der Waals surface area contributed by atoms with Crippen molar-refractivity contribution < 1.29 is 9.59 Å². The van der Waals surface area contributed by atoms with E-state index in [9.17, 15) is 9.59 Å². The maximum atomic E-state index is 12.4. The summed E-state index contributed by atoms with van der Waals surface area (Å²) in [6, 6.07) is -0.448. The molecule has 1 aliphatic carbocycles. The summed E-state index contributed by atoms with van der Waals surface area (Å²) in [5.74, 6) is 0.0914. The van der Waals surface area contributed by atoms with Crippen LogP contribution < -0.4 is 5.32 Å². The predicted octanol–water partition coefficient (Wildman–Crippen LogP) is 1.69. The number of carbonyl (C=O) groups is 2. The highest BCUT2D eigenvalue weighted by Crippen LogP contribution is 2.42. The van der Waals surface area contributed by atoms with Crippen molar-refractivity contribution >= 4 is 11.8 Å². The van der Waals surface area contributed by atoms with E-state index in [0.717, 1.165) is 19.3 Å². The van der Waals surface area contributed by atoms with E-state index < -0.39 is 0 Å². The summed E-state index contributed by atoms with van der Waals surface area (Å²) in [7, 11) is 0. The quantitative estimate of drug-likeness (QED) is 0.813. The fraction of sp³-hybridized carbons (Fsp3) is 0.857. The summed E-state index contributed by atoms with van der Waals surface area (Å²) in [6.45, 7) is 8.17. The predicted molar refractivity (Wildman–Crippen MR) is 69.9 cm³/mol. The first kappa shape index (κ1) is 13.4. The second-order valence-electron chi connectivity index (χ2n) is 6.30. The van der Waals surface area contributed by atoms with Crippen LogP contribution in [0.15, 0.2) is 0 Å². The standard InChI is InChI=1S/C14H24N2O2/c1-5-10-12(17)15-9(2)13(18)16(10)11-7-6-8-14(11,3)4/h9-11H,5-8H2,1-4H3,(H,15,17). The molecule has 2 fully saturated rings. The first-order valence-corrected chi connectivity index (χ1v) is 7.01. The number of carbonyl (C=O) groups excluding carboxylic acids is 2. The fourth-order valence-corrected chi connectivity index (χ4v) is 3.45. The van der Waals surface area contributed by atoms with E-state index in [1.807, 2.05) is 11.8 Å². The van der Waals surface area contributed by atoms with Gasteiger partial charge in [-0.25, -0.2) is 0 Å². The lowest BCUT2D eigenvalue weighted by atomic mass is 9.84. The third-order valence-corrected chi connectivity index (χ3v) is 4.55. The van der Waals surface area contributed by atoms with Crippen LogP contribution in [0, 0.1) is 5.41 Å². The van der Waals surface area contributed by atoms with Crippen molar-refractivity contribution in [2.75, 3.05) is 0 Å². The molecular weight excluding hydrogens is 228 g/mol. The topological polar surface area (TPSA) is 49.4 Å². The molecule has 1 aliphatic heterocycles. The largest absolute Gasteiger partial charge is 0.343 e. The number of nitrogens with zero attached hydrogens (tertiary/aromatic N) is 1. The average molecular weight is 252 g/mol. The summed E-state index contributed by atoms with van der Waals surface area (Å²) < 4.78 is 0. The Morgan fingerprint density at radius 2 is 2.06 bits per heavy atom. The summed E-state index contributed by atoms with van der Waals surface area (Å²) in [5.41, 5.74) is 0.125. The van der Waals surface area contributed by atoms with Gasteiger partial charge in [-0.2, -0.15) is 0 Å². The molecule has 18 heavy (non-hydrogen) atoms. The Kier molecular flexibility index (Phi) is 3.39. The van der Waals surface area contributed by atoms with Gasteiger partial charge < -0.3 is 10.2 Å². The molecule has 2 rings (SSSR count). The van der Waals surface area contributed by atoms with Gasteiger partial charge in [-0.1, -0.05) is 27.2 Å². The SMILES string of the molecule is CCC1C(=O)NC(C)C(=O)N1C1CCCC1(C)C. The van der Waals surface area contributed by atoms with Crippen LogP contribution in [0.2, 0.25) is 0 Å². The summed E-state index contributed by atoms with van der Waals surface area (Å²) in [4.78, 5) is 26.4. The van der Waals surface area contributed by atoms with E-state index in [-0.39, 0.29) is 35.4 Å². The van der Waals surface area contributed by atoms with E-state index in [1.165, 1.54) is 0 Å². The van der Waals surface area contributed by atoms with Crippen LogP contribution in [0.4, 0.5) is 0 Å². The molecule has 0 aromatic rings. The lowest BCUT2D eigenvalue weighted by Gasteiger charge is -2.45. The smallest absolute Gasteiger partial charge is 0.245 e. The molecule has 0 radical (unpaired) electrons. The lowest BCUT2D eigenvalue weighted by molar-refractivity contribution is -0.154. The molecule has 3 atom stereocenters. The number of amides is 2. The zero-order valence-corrected chi connectivity index (χ0v) is 11.8.